The molecular weight excluding hydrogens is 234 g/mol. The SMILES string of the molecule is CCc1cc(CC)c(NC(=O)OC(C)(C)C)s1. The molecule has 0 radical (unpaired) electrons. The number of carbonyl (C=O) groups excluding carboxylic acids is 1. The van der Waals surface area contributed by atoms with E-state index < -0.39 is 5.60 Å². The maximum absolute atomic E-state index is 11.7. The van der Waals surface area contributed by atoms with Crippen molar-refractivity contribution in [2.45, 2.75) is 53.1 Å². The van der Waals surface area contributed by atoms with E-state index in [1.54, 1.807) is 11.3 Å². The first kappa shape index (κ1) is 14.0. The highest BCUT2D eigenvalue weighted by Crippen LogP contribution is 2.29. The summed E-state index contributed by atoms with van der Waals surface area (Å²) in [6.07, 6.45) is 1.53. The second-order valence-electron chi connectivity index (χ2n) is 4.90. The maximum atomic E-state index is 11.7. The summed E-state index contributed by atoms with van der Waals surface area (Å²) in [5.41, 5.74) is 0.721. The van der Waals surface area contributed by atoms with Crippen molar-refractivity contribution >= 4 is 22.4 Å². The first-order chi connectivity index (χ1) is 7.85. The summed E-state index contributed by atoms with van der Waals surface area (Å²) in [5.74, 6) is 0. The molecule has 1 amide bonds. The van der Waals surface area contributed by atoms with Crippen molar-refractivity contribution in [2.75, 3.05) is 5.32 Å². The summed E-state index contributed by atoms with van der Waals surface area (Å²) in [5, 5.41) is 3.75. The Hall–Kier alpha value is -1.03. The zero-order chi connectivity index (χ0) is 13.1. The fraction of sp³-hybridized carbons (Fsp3) is 0.615. The molecule has 1 heterocycles. The summed E-state index contributed by atoms with van der Waals surface area (Å²) < 4.78 is 5.24. The van der Waals surface area contributed by atoms with E-state index in [0.717, 1.165) is 17.8 Å². The van der Waals surface area contributed by atoms with Crippen LogP contribution in [0, 0.1) is 0 Å². The number of nitrogens with one attached hydrogen (secondary N) is 1. The molecule has 0 fully saturated rings. The summed E-state index contributed by atoms with van der Waals surface area (Å²) in [6.45, 7) is 9.78. The van der Waals surface area contributed by atoms with Crippen LogP contribution in [0.5, 0.6) is 0 Å². The largest absolute Gasteiger partial charge is 0.444 e. The molecule has 3 nitrogen and oxygen atoms in total. The molecule has 1 N–H and O–H groups in total. The van der Waals surface area contributed by atoms with Crippen LogP contribution in [0.3, 0.4) is 0 Å². The van der Waals surface area contributed by atoms with E-state index in [-0.39, 0.29) is 6.09 Å². The van der Waals surface area contributed by atoms with Gasteiger partial charge in [0.15, 0.2) is 0 Å². The second-order valence-corrected chi connectivity index (χ2v) is 6.04. The number of anilines is 1. The van der Waals surface area contributed by atoms with Crippen LogP contribution in [0.4, 0.5) is 9.80 Å². The Bertz CT molecular complexity index is 391. The van der Waals surface area contributed by atoms with E-state index in [1.165, 1.54) is 10.4 Å². The van der Waals surface area contributed by atoms with E-state index in [4.69, 9.17) is 4.74 Å². The molecule has 96 valence electrons. The van der Waals surface area contributed by atoms with Crippen LogP contribution in [0.25, 0.3) is 0 Å². The lowest BCUT2D eigenvalue weighted by Crippen LogP contribution is -2.27. The fourth-order valence-electron chi connectivity index (χ4n) is 1.42. The second kappa shape index (κ2) is 5.54. The number of hydrogen-bond acceptors (Lipinski definition) is 3. The normalized spacial score (nSPS) is 11.4. The van der Waals surface area contributed by atoms with Gasteiger partial charge in [0.2, 0.25) is 0 Å². The van der Waals surface area contributed by atoms with Crippen LogP contribution in [-0.2, 0) is 17.6 Å². The minimum atomic E-state index is -0.457. The molecule has 1 aromatic heterocycles. The standard InChI is InChI=1S/C13H21NO2S/c1-6-9-8-10(7-2)17-11(9)14-12(15)16-13(3,4)5/h8H,6-7H2,1-5H3,(H,14,15). The predicted molar refractivity (Wildman–Crippen MR) is 72.9 cm³/mol. The van der Waals surface area contributed by atoms with E-state index in [1.807, 2.05) is 20.8 Å². The molecule has 0 spiro atoms. The van der Waals surface area contributed by atoms with Crippen molar-refractivity contribution in [3.8, 4) is 0 Å². The molecule has 1 rings (SSSR count). The molecule has 0 unspecified atom stereocenters. The van der Waals surface area contributed by atoms with Crippen molar-refractivity contribution in [2.24, 2.45) is 0 Å². The third-order valence-corrected chi connectivity index (χ3v) is 3.44. The average molecular weight is 255 g/mol. The average Bonchev–Trinajstić information content (AvgIpc) is 2.57. The van der Waals surface area contributed by atoms with Crippen LogP contribution in [-0.4, -0.2) is 11.7 Å². The van der Waals surface area contributed by atoms with Gasteiger partial charge in [0.05, 0.1) is 0 Å². The van der Waals surface area contributed by atoms with Crippen molar-refractivity contribution in [1.82, 2.24) is 0 Å². The first-order valence-corrected chi connectivity index (χ1v) is 6.79. The van der Waals surface area contributed by atoms with Gasteiger partial charge >= 0.3 is 6.09 Å². The highest BCUT2D eigenvalue weighted by Gasteiger charge is 2.18. The third kappa shape index (κ3) is 4.38. The number of rotatable bonds is 3. The minimum Gasteiger partial charge on any atom is -0.444 e. The first-order valence-electron chi connectivity index (χ1n) is 5.97. The zero-order valence-corrected chi connectivity index (χ0v) is 12.0. The predicted octanol–water partition coefficient (Wildman–Crippen LogP) is 4.22. The summed E-state index contributed by atoms with van der Waals surface area (Å²) in [7, 11) is 0. The fourth-order valence-corrected chi connectivity index (χ4v) is 2.50. The molecule has 0 aliphatic carbocycles. The van der Waals surface area contributed by atoms with Gasteiger partial charge in [-0.2, -0.15) is 0 Å². The number of amides is 1. The van der Waals surface area contributed by atoms with Gasteiger partial charge in [-0.25, -0.2) is 4.79 Å². The minimum absolute atomic E-state index is 0.378. The highest BCUT2D eigenvalue weighted by atomic mass is 32.1. The Morgan fingerprint density at radius 2 is 2.00 bits per heavy atom. The van der Waals surface area contributed by atoms with Crippen molar-refractivity contribution in [3.05, 3.63) is 16.5 Å². The van der Waals surface area contributed by atoms with Gasteiger partial charge in [0.25, 0.3) is 0 Å². The van der Waals surface area contributed by atoms with Crippen molar-refractivity contribution in [3.63, 3.8) is 0 Å². The molecule has 0 bridgehead atoms. The maximum Gasteiger partial charge on any atom is 0.412 e. The van der Waals surface area contributed by atoms with E-state index in [9.17, 15) is 4.79 Å². The van der Waals surface area contributed by atoms with E-state index in [0.29, 0.717) is 0 Å². The Kier molecular flexibility index (Phi) is 4.57. The lowest BCUT2D eigenvalue weighted by molar-refractivity contribution is 0.0636. The molecule has 0 aliphatic rings. The van der Waals surface area contributed by atoms with Gasteiger partial charge in [-0.3, -0.25) is 5.32 Å². The molecule has 0 saturated heterocycles. The lowest BCUT2D eigenvalue weighted by Gasteiger charge is -2.19. The summed E-state index contributed by atoms with van der Waals surface area (Å²) in [4.78, 5) is 13.0. The quantitative estimate of drug-likeness (QED) is 0.878. The van der Waals surface area contributed by atoms with Crippen LogP contribution in [0.1, 0.15) is 45.1 Å². The number of carbonyl (C=O) groups is 1. The van der Waals surface area contributed by atoms with Crippen LogP contribution < -0.4 is 5.32 Å². The molecule has 0 saturated carbocycles. The highest BCUT2D eigenvalue weighted by molar-refractivity contribution is 7.16. The van der Waals surface area contributed by atoms with Crippen LogP contribution >= 0.6 is 11.3 Å². The van der Waals surface area contributed by atoms with Gasteiger partial charge < -0.3 is 4.74 Å². The van der Waals surface area contributed by atoms with Gasteiger partial charge in [-0.1, -0.05) is 13.8 Å². The Morgan fingerprint density at radius 1 is 1.35 bits per heavy atom. The molecule has 4 heteroatoms. The van der Waals surface area contributed by atoms with Gasteiger partial charge in [0, 0.05) is 4.88 Å². The topological polar surface area (TPSA) is 38.3 Å². The smallest absolute Gasteiger partial charge is 0.412 e. The number of ether oxygens (including phenoxy) is 1. The van der Waals surface area contributed by atoms with Gasteiger partial charge in [0.1, 0.15) is 10.6 Å². The molecule has 0 aromatic carbocycles. The number of aryl methyl sites for hydroxylation is 2. The van der Waals surface area contributed by atoms with E-state index >= 15 is 0 Å². The van der Waals surface area contributed by atoms with Gasteiger partial charge in [-0.05, 0) is 45.2 Å². The number of thiophene rings is 1. The monoisotopic (exact) mass is 255 g/mol. The Balaban J connectivity index is 2.73. The van der Waals surface area contributed by atoms with Crippen LogP contribution in [0.2, 0.25) is 0 Å². The molecule has 0 atom stereocenters. The summed E-state index contributed by atoms with van der Waals surface area (Å²) >= 11 is 1.63. The van der Waals surface area contributed by atoms with Crippen molar-refractivity contribution in [1.29, 1.82) is 0 Å². The molecule has 1 aromatic rings. The molecule has 17 heavy (non-hydrogen) atoms. The van der Waals surface area contributed by atoms with Gasteiger partial charge in [-0.15, -0.1) is 11.3 Å². The summed E-state index contributed by atoms with van der Waals surface area (Å²) in [6, 6.07) is 2.15. The molecular formula is C13H21NO2S. The molecule has 0 aliphatic heterocycles. The Morgan fingerprint density at radius 3 is 2.47 bits per heavy atom. The third-order valence-electron chi connectivity index (χ3n) is 2.20. The van der Waals surface area contributed by atoms with Crippen molar-refractivity contribution < 1.29 is 9.53 Å². The lowest BCUT2D eigenvalue weighted by atomic mass is 10.2. The van der Waals surface area contributed by atoms with Crippen LogP contribution in [0.15, 0.2) is 6.07 Å². The number of hydrogen-bond donors (Lipinski definition) is 1. The van der Waals surface area contributed by atoms with E-state index in [2.05, 4.69) is 25.2 Å². The zero-order valence-electron chi connectivity index (χ0n) is 11.2. The Labute approximate surface area is 107 Å².